The monoisotopic (exact) mass is 335 g/mol. The minimum absolute atomic E-state index is 0.0549. The third-order valence-corrected chi connectivity index (χ3v) is 5.90. The number of ether oxygens (including phenoxy) is 1. The molecule has 126 valence electrons. The van der Waals surface area contributed by atoms with E-state index in [9.17, 15) is 9.59 Å². The van der Waals surface area contributed by atoms with Gasteiger partial charge < -0.3 is 10.1 Å². The number of esters is 1. The molecule has 2 aliphatic carbocycles. The maximum Gasteiger partial charge on any atom is 0.341 e. The Bertz CT molecular complexity index is 604. The lowest BCUT2D eigenvalue weighted by Gasteiger charge is -2.21. The van der Waals surface area contributed by atoms with Gasteiger partial charge in [-0.2, -0.15) is 0 Å². The Morgan fingerprint density at radius 3 is 2.70 bits per heavy atom. The highest BCUT2D eigenvalue weighted by atomic mass is 32.1. The van der Waals surface area contributed by atoms with Gasteiger partial charge in [0.2, 0.25) is 5.91 Å². The average Bonchev–Trinajstić information content (AvgIpc) is 3.30. The second kappa shape index (κ2) is 7.04. The Hall–Kier alpha value is -1.36. The Morgan fingerprint density at radius 1 is 1.26 bits per heavy atom. The van der Waals surface area contributed by atoms with Crippen LogP contribution in [0.4, 0.5) is 5.00 Å². The maximum atomic E-state index is 12.4. The van der Waals surface area contributed by atoms with Crippen LogP contribution in [0.5, 0.6) is 0 Å². The predicted molar refractivity (Wildman–Crippen MR) is 92.1 cm³/mol. The van der Waals surface area contributed by atoms with Crippen LogP contribution in [0, 0.1) is 11.8 Å². The van der Waals surface area contributed by atoms with Gasteiger partial charge in [0.05, 0.1) is 12.2 Å². The van der Waals surface area contributed by atoms with Gasteiger partial charge in [-0.1, -0.05) is 19.8 Å². The molecule has 0 radical (unpaired) electrons. The maximum absolute atomic E-state index is 12.4. The summed E-state index contributed by atoms with van der Waals surface area (Å²) < 4.78 is 5.24. The fraction of sp³-hybridized carbons (Fsp3) is 0.667. The molecule has 1 amide bonds. The van der Waals surface area contributed by atoms with Crippen molar-refractivity contribution in [1.29, 1.82) is 0 Å². The van der Waals surface area contributed by atoms with Crippen molar-refractivity contribution >= 4 is 28.2 Å². The summed E-state index contributed by atoms with van der Waals surface area (Å²) >= 11 is 1.59. The van der Waals surface area contributed by atoms with Gasteiger partial charge in [0.1, 0.15) is 5.00 Å². The van der Waals surface area contributed by atoms with Gasteiger partial charge in [-0.3, -0.25) is 4.79 Å². The molecule has 4 nitrogen and oxygen atoms in total. The third-order valence-electron chi connectivity index (χ3n) is 4.73. The smallest absolute Gasteiger partial charge is 0.341 e. The fourth-order valence-corrected chi connectivity index (χ4v) is 4.73. The lowest BCUT2D eigenvalue weighted by atomic mass is 9.84. The van der Waals surface area contributed by atoms with Crippen molar-refractivity contribution in [2.24, 2.45) is 11.8 Å². The first-order valence-electron chi connectivity index (χ1n) is 8.76. The third kappa shape index (κ3) is 3.60. The van der Waals surface area contributed by atoms with Crippen molar-refractivity contribution in [3.8, 4) is 0 Å². The van der Waals surface area contributed by atoms with E-state index in [1.807, 2.05) is 6.92 Å². The zero-order chi connectivity index (χ0) is 16.4. The van der Waals surface area contributed by atoms with Gasteiger partial charge in [-0.25, -0.2) is 4.79 Å². The highest BCUT2D eigenvalue weighted by molar-refractivity contribution is 7.17. The lowest BCUT2D eigenvalue weighted by molar-refractivity contribution is -0.117. The molecule has 0 saturated heterocycles. The second-order valence-electron chi connectivity index (χ2n) is 6.59. The Morgan fingerprint density at radius 2 is 2.04 bits per heavy atom. The molecule has 1 fully saturated rings. The van der Waals surface area contributed by atoms with Crippen LogP contribution in [-0.4, -0.2) is 18.5 Å². The molecule has 1 aromatic rings. The largest absolute Gasteiger partial charge is 0.462 e. The number of carbonyl (C=O) groups excluding carboxylic acids is 2. The Balaban J connectivity index is 1.87. The number of hydrogen-bond donors (Lipinski definition) is 1. The lowest BCUT2D eigenvalue weighted by Crippen LogP contribution is -2.18. The number of nitrogens with one attached hydrogen (secondary N) is 1. The SMILES string of the molecule is CCCC1CCc2c(sc(NC(=O)C3CC3)c2C(=O)OCC)C1. The van der Waals surface area contributed by atoms with E-state index in [1.54, 1.807) is 11.3 Å². The molecule has 23 heavy (non-hydrogen) atoms. The summed E-state index contributed by atoms with van der Waals surface area (Å²) in [5.74, 6) is 0.606. The van der Waals surface area contributed by atoms with Crippen LogP contribution in [-0.2, 0) is 22.4 Å². The minimum Gasteiger partial charge on any atom is -0.462 e. The van der Waals surface area contributed by atoms with E-state index in [0.29, 0.717) is 23.1 Å². The molecule has 1 unspecified atom stereocenters. The van der Waals surface area contributed by atoms with Gasteiger partial charge in [0.15, 0.2) is 0 Å². The second-order valence-corrected chi connectivity index (χ2v) is 7.69. The van der Waals surface area contributed by atoms with Crippen LogP contribution >= 0.6 is 11.3 Å². The van der Waals surface area contributed by atoms with Gasteiger partial charge in [-0.05, 0) is 50.5 Å². The number of fused-ring (bicyclic) bond motifs is 1. The van der Waals surface area contributed by atoms with E-state index in [4.69, 9.17) is 4.74 Å². The number of hydrogen-bond acceptors (Lipinski definition) is 4. The van der Waals surface area contributed by atoms with Crippen molar-refractivity contribution in [2.75, 3.05) is 11.9 Å². The number of rotatable bonds is 6. The normalized spacial score (nSPS) is 20.0. The Labute approximate surface area is 141 Å². The highest BCUT2D eigenvalue weighted by Crippen LogP contribution is 2.42. The molecule has 1 saturated carbocycles. The first kappa shape index (κ1) is 16.5. The molecule has 0 spiro atoms. The molecule has 1 atom stereocenters. The van der Waals surface area contributed by atoms with Crippen LogP contribution in [0.15, 0.2) is 0 Å². The summed E-state index contributed by atoms with van der Waals surface area (Å²) in [4.78, 5) is 25.8. The van der Waals surface area contributed by atoms with E-state index in [0.717, 1.165) is 37.7 Å². The summed E-state index contributed by atoms with van der Waals surface area (Å²) in [7, 11) is 0. The molecule has 1 aromatic heterocycles. The van der Waals surface area contributed by atoms with Crippen molar-refractivity contribution < 1.29 is 14.3 Å². The first-order valence-corrected chi connectivity index (χ1v) is 9.58. The number of amides is 1. The van der Waals surface area contributed by atoms with E-state index in [2.05, 4.69) is 12.2 Å². The number of anilines is 1. The summed E-state index contributed by atoms with van der Waals surface area (Å²) in [5.41, 5.74) is 1.74. The summed E-state index contributed by atoms with van der Waals surface area (Å²) in [6, 6.07) is 0. The van der Waals surface area contributed by atoms with Crippen molar-refractivity contribution in [2.45, 2.75) is 58.8 Å². The number of thiophene rings is 1. The zero-order valence-electron chi connectivity index (χ0n) is 13.9. The van der Waals surface area contributed by atoms with Crippen LogP contribution in [0.2, 0.25) is 0 Å². The quantitative estimate of drug-likeness (QED) is 0.794. The molecule has 0 aromatic carbocycles. The van der Waals surface area contributed by atoms with Gasteiger partial charge >= 0.3 is 5.97 Å². The predicted octanol–water partition coefficient (Wildman–Crippen LogP) is 4.18. The minimum atomic E-state index is -0.287. The molecule has 1 N–H and O–H groups in total. The van der Waals surface area contributed by atoms with Crippen LogP contribution in [0.3, 0.4) is 0 Å². The fourth-order valence-electron chi connectivity index (χ4n) is 3.38. The van der Waals surface area contributed by atoms with E-state index >= 15 is 0 Å². The first-order chi connectivity index (χ1) is 11.1. The van der Waals surface area contributed by atoms with Crippen molar-refractivity contribution in [3.05, 3.63) is 16.0 Å². The van der Waals surface area contributed by atoms with Crippen LogP contribution in [0.25, 0.3) is 0 Å². The van der Waals surface area contributed by atoms with E-state index in [1.165, 1.54) is 17.7 Å². The summed E-state index contributed by atoms with van der Waals surface area (Å²) in [5, 5.41) is 3.71. The molecule has 0 bridgehead atoms. The average molecular weight is 335 g/mol. The van der Waals surface area contributed by atoms with Gasteiger partial charge in [0.25, 0.3) is 0 Å². The summed E-state index contributed by atoms with van der Waals surface area (Å²) in [6.45, 7) is 4.39. The molecule has 3 rings (SSSR count). The van der Waals surface area contributed by atoms with Crippen LogP contribution in [0.1, 0.15) is 66.8 Å². The van der Waals surface area contributed by atoms with Gasteiger partial charge in [0, 0.05) is 10.8 Å². The molecule has 5 heteroatoms. The molecule has 0 aliphatic heterocycles. The van der Waals surface area contributed by atoms with Crippen molar-refractivity contribution in [3.63, 3.8) is 0 Å². The highest BCUT2D eigenvalue weighted by Gasteiger charge is 2.34. The van der Waals surface area contributed by atoms with Crippen molar-refractivity contribution in [1.82, 2.24) is 0 Å². The molecular formula is C18H25NO3S. The molecule has 2 aliphatic rings. The topological polar surface area (TPSA) is 55.4 Å². The van der Waals surface area contributed by atoms with E-state index < -0.39 is 0 Å². The van der Waals surface area contributed by atoms with Gasteiger partial charge in [-0.15, -0.1) is 11.3 Å². The molecular weight excluding hydrogens is 310 g/mol. The van der Waals surface area contributed by atoms with E-state index in [-0.39, 0.29) is 17.8 Å². The Kier molecular flexibility index (Phi) is 5.05. The standard InChI is InChI=1S/C18H25NO3S/c1-3-5-11-6-9-13-14(10-11)23-17(15(13)18(21)22-4-2)19-16(20)12-7-8-12/h11-12H,3-10H2,1-2H3,(H,19,20). The van der Waals surface area contributed by atoms with Crippen LogP contribution < -0.4 is 5.32 Å². The number of carbonyl (C=O) groups is 2. The zero-order valence-corrected chi connectivity index (χ0v) is 14.8. The molecule has 1 heterocycles. The summed E-state index contributed by atoms with van der Waals surface area (Å²) in [6.07, 6.45) is 7.43.